The van der Waals surface area contributed by atoms with Gasteiger partial charge in [-0.25, -0.2) is 0 Å². The van der Waals surface area contributed by atoms with E-state index in [9.17, 15) is 4.39 Å². The van der Waals surface area contributed by atoms with Crippen molar-refractivity contribution in [3.63, 3.8) is 0 Å². The quantitative estimate of drug-likeness (QED) is 0.362. The number of halogens is 1. The van der Waals surface area contributed by atoms with E-state index in [4.69, 9.17) is 0 Å². The van der Waals surface area contributed by atoms with Gasteiger partial charge in [0.15, 0.2) is 0 Å². The van der Waals surface area contributed by atoms with Gasteiger partial charge in [0.1, 0.15) is 0 Å². The lowest BCUT2D eigenvalue weighted by Crippen LogP contribution is -2.25. The summed E-state index contributed by atoms with van der Waals surface area (Å²) in [5.74, 6) is 3.89. The van der Waals surface area contributed by atoms with Gasteiger partial charge < -0.3 is 0 Å². The van der Waals surface area contributed by atoms with Crippen LogP contribution in [0.15, 0.2) is 12.2 Å². The zero-order valence-corrected chi connectivity index (χ0v) is 14.0. The van der Waals surface area contributed by atoms with Gasteiger partial charge in [-0.05, 0) is 75.0 Å². The van der Waals surface area contributed by atoms with Crippen molar-refractivity contribution in [2.75, 3.05) is 6.67 Å². The lowest BCUT2D eigenvalue weighted by atomic mass is 9.68. The summed E-state index contributed by atoms with van der Waals surface area (Å²) in [4.78, 5) is 0. The average molecular weight is 294 g/mol. The maximum atomic E-state index is 12.1. The molecule has 0 aromatic rings. The van der Waals surface area contributed by atoms with Crippen molar-refractivity contribution in [1.29, 1.82) is 0 Å². The van der Waals surface area contributed by atoms with Crippen molar-refractivity contribution in [2.24, 2.45) is 23.7 Å². The highest BCUT2D eigenvalue weighted by Crippen LogP contribution is 2.42. The Hall–Kier alpha value is -0.330. The molecule has 2 rings (SSSR count). The van der Waals surface area contributed by atoms with Crippen LogP contribution in [0.2, 0.25) is 0 Å². The van der Waals surface area contributed by atoms with Gasteiger partial charge in [-0.1, -0.05) is 44.8 Å². The first kappa shape index (κ1) is 17.0. The van der Waals surface area contributed by atoms with Crippen molar-refractivity contribution < 1.29 is 4.39 Å². The topological polar surface area (TPSA) is 0 Å². The molecule has 21 heavy (non-hydrogen) atoms. The van der Waals surface area contributed by atoms with E-state index >= 15 is 0 Å². The van der Waals surface area contributed by atoms with E-state index in [1.807, 2.05) is 0 Å². The van der Waals surface area contributed by atoms with Crippen LogP contribution in [0.5, 0.6) is 0 Å². The van der Waals surface area contributed by atoms with Crippen molar-refractivity contribution in [3.05, 3.63) is 12.2 Å². The van der Waals surface area contributed by atoms with E-state index in [1.165, 1.54) is 64.2 Å². The summed E-state index contributed by atoms with van der Waals surface area (Å²) in [7, 11) is 0. The molecule has 0 aliphatic heterocycles. The molecular weight excluding hydrogens is 259 g/mol. The molecule has 0 bridgehead atoms. The summed E-state index contributed by atoms with van der Waals surface area (Å²) in [6.07, 6.45) is 20.7. The Bertz CT molecular complexity index is 280. The first-order valence-corrected chi connectivity index (χ1v) is 9.56. The molecule has 0 heterocycles. The second-order valence-electron chi connectivity index (χ2n) is 7.50. The molecule has 122 valence electrons. The van der Waals surface area contributed by atoms with Crippen LogP contribution in [0.4, 0.5) is 4.39 Å². The van der Waals surface area contributed by atoms with Crippen LogP contribution in [0.1, 0.15) is 84.0 Å². The Kier molecular flexibility index (Phi) is 7.82. The number of hydrogen-bond donors (Lipinski definition) is 0. The molecule has 0 N–H and O–H groups in total. The minimum atomic E-state index is -0.169. The van der Waals surface area contributed by atoms with Crippen LogP contribution < -0.4 is 0 Å². The smallest absolute Gasteiger partial charge is 0.0897 e. The molecule has 0 spiro atoms. The van der Waals surface area contributed by atoms with Crippen molar-refractivity contribution >= 4 is 0 Å². The second-order valence-corrected chi connectivity index (χ2v) is 7.50. The van der Waals surface area contributed by atoms with E-state index in [0.717, 1.165) is 30.1 Å². The van der Waals surface area contributed by atoms with Gasteiger partial charge in [0.2, 0.25) is 0 Å². The summed E-state index contributed by atoms with van der Waals surface area (Å²) < 4.78 is 12.1. The monoisotopic (exact) mass is 294 g/mol. The minimum absolute atomic E-state index is 0.169. The van der Waals surface area contributed by atoms with Gasteiger partial charge in [0.25, 0.3) is 0 Å². The van der Waals surface area contributed by atoms with Crippen LogP contribution in [0, 0.1) is 23.7 Å². The van der Waals surface area contributed by atoms with Gasteiger partial charge >= 0.3 is 0 Å². The number of hydrogen-bond acceptors (Lipinski definition) is 0. The van der Waals surface area contributed by atoms with E-state index in [-0.39, 0.29) is 6.67 Å². The molecule has 0 aromatic heterocycles. The zero-order chi connectivity index (χ0) is 14.9. The summed E-state index contributed by atoms with van der Waals surface area (Å²) in [5.41, 5.74) is 0. The maximum absolute atomic E-state index is 12.1. The number of rotatable bonds is 7. The molecular formula is C20H35F. The Balaban J connectivity index is 1.64. The third kappa shape index (κ3) is 5.75. The summed E-state index contributed by atoms with van der Waals surface area (Å²) in [5, 5.41) is 0. The summed E-state index contributed by atoms with van der Waals surface area (Å²) in [6.45, 7) is 2.16. The Morgan fingerprint density at radius 1 is 0.905 bits per heavy atom. The standard InChI is InChI=1S/C20H35F/c1-2-6-17-8-12-19(13-9-17)20-14-10-18(11-15-20)7-4-3-5-16-21/h4,7,17-20H,2-3,5-6,8-16H2,1H3. The molecule has 1 heteroatoms. The molecule has 0 atom stereocenters. The maximum Gasteiger partial charge on any atom is 0.0897 e. The molecule has 0 unspecified atom stereocenters. The molecule has 0 radical (unpaired) electrons. The van der Waals surface area contributed by atoms with Crippen LogP contribution in [0.25, 0.3) is 0 Å². The normalized spacial score (nSPS) is 34.4. The highest BCUT2D eigenvalue weighted by atomic mass is 19.1. The van der Waals surface area contributed by atoms with Crippen molar-refractivity contribution in [3.8, 4) is 0 Å². The Morgan fingerprint density at radius 3 is 2.10 bits per heavy atom. The van der Waals surface area contributed by atoms with E-state index in [2.05, 4.69) is 19.1 Å². The van der Waals surface area contributed by atoms with Gasteiger partial charge in [-0.15, -0.1) is 0 Å². The van der Waals surface area contributed by atoms with Gasteiger partial charge in [0, 0.05) is 0 Å². The fourth-order valence-electron chi connectivity index (χ4n) is 4.65. The van der Waals surface area contributed by atoms with Crippen LogP contribution in [-0.4, -0.2) is 6.67 Å². The van der Waals surface area contributed by atoms with Gasteiger partial charge in [-0.3, -0.25) is 4.39 Å². The average Bonchev–Trinajstić information content (AvgIpc) is 2.53. The van der Waals surface area contributed by atoms with Gasteiger partial charge in [-0.2, -0.15) is 0 Å². The number of unbranched alkanes of at least 4 members (excludes halogenated alkanes) is 1. The molecule has 0 nitrogen and oxygen atoms in total. The predicted octanol–water partition coefficient (Wildman–Crippen LogP) is 6.71. The first-order chi connectivity index (χ1) is 10.3. The zero-order valence-electron chi connectivity index (χ0n) is 14.0. The lowest BCUT2D eigenvalue weighted by molar-refractivity contribution is 0.152. The second kappa shape index (κ2) is 9.64. The third-order valence-electron chi connectivity index (χ3n) is 5.98. The third-order valence-corrected chi connectivity index (χ3v) is 5.98. The van der Waals surface area contributed by atoms with Crippen LogP contribution in [0.3, 0.4) is 0 Å². The number of alkyl halides is 1. The highest BCUT2D eigenvalue weighted by Gasteiger charge is 2.29. The number of allylic oxidation sites excluding steroid dienone is 2. The molecule has 2 fully saturated rings. The lowest BCUT2D eigenvalue weighted by Gasteiger charge is -2.37. The summed E-state index contributed by atoms with van der Waals surface area (Å²) >= 11 is 0. The molecule has 2 aliphatic rings. The van der Waals surface area contributed by atoms with Crippen LogP contribution >= 0.6 is 0 Å². The SMILES string of the molecule is CCCC1CCC(C2CCC(C=CCCCF)CC2)CC1. The predicted molar refractivity (Wildman–Crippen MR) is 90.2 cm³/mol. The largest absolute Gasteiger partial charge is 0.251 e. The summed E-state index contributed by atoms with van der Waals surface area (Å²) in [6, 6.07) is 0. The van der Waals surface area contributed by atoms with Gasteiger partial charge in [0.05, 0.1) is 6.67 Å². The Morgan fingerprint density at radius 2 is 1.52 bits per heavy atom. The molecule has 2 saturated carbocycles. The highest BCUT2D eigenvalue weighted by molar-refractivity contribution is 4.92. The van der Waals surface area contributed by atoms with Crippen molar-refractivity contribution in [1.82, 2.24) is 0 Å². The molecule has 0 amide bonds. The van der Waals surface area contributed by atoms with E-state index in [0.29, 0.717) is 6.42 Å². The fraction of sp³-hybridized carbons (Fsp3) is 0.900. The van der Waals surface area contributed by atoms with E-state index < -0.39 is 0 Å². The fourth-order valence-corrected chi connectivity index (χ4v) is 4.65. The molecule has 2 aliphatic carbocycles. The molecule has 0 aromatic carbocycles. The van der Waals surface area contributed by atoms with E-state index in [1.54, 1.807) is 0 Å². The Labute approximate surface area is 131 Å². The molecule has 0 saturated heterocycles. The van der Waals surface area contributed by atoms with Crippen molar-refractivity contribution in [2.45, 2.75) is 84.0 Å². The first-order valence-electron chi connectivity index (χ1n) is 9.56. The minimum Gasteiger partial charge on any atom is -0.251 e. The van der Waals surface area contributed by atoms with Crippen LogP contribution in [-0.2, 0) is 0 Å².